The number of carbonyl (C=O) groups is 1. The number of fused-ring (bicyclic) bond motifs is 1. The van der Waals surface area contributed by atoms with Crippen LogP contribution in [0, 0.1) is 0 Å². The molecule has 1 fully saturated rings. The van der Waals surface area contributed by atoms with Crippen molar-refractivity contribution in [2.24, 2.45) is 0 Å². The van der Waals surface area contributed by atoms with Crippen molar-refractivity contribution >= 4 is 11.6 Å². The first-order valence-electron chi connectivity index (χ1n) is 7.76. The largest absolute Gasteiger partial charge is 0.444 e. The lowest BCUT2D eigenvalue weighted by Crippen LogP contribution is -2.50. The Labute approximate surface area is 134 Å². The van der Waals surface area contributed by atoms with Crippen LogP contribution in [0.15, 0.2) is 24.9 Å². The molecule has 0 radical (unpaired) electrons. The van der Waals surface area contributed by atoms with Crippen molar-refractivity contribution in [3.05, 3.63) is 30.6 Å². The molecule has 2 aromatic heterocycles. The second-order valence-corrected chi connectivity index (χ2v) is 7.00. The highest BCUT2D eigenvalue weighted by Gasteiger charge is 2.40. The Bertz CT molecular complexity index is 721. The predicted octanol–water partition coefficient (Wildman–Crippen LogP) is 1.95. The quantitative estimate of drug-likeness (QED) is 0.869. The maximum atomic E-state index is 12.3. The van der Waals surface area contributed by atoms with Crippen LogP contribution in [0.4, 0.5) is 4.79 Å². The molecule has 7 heteroatoms. The number of hydrogen-bond donors (Lipinski definition) is 1. The van der Waals surface area contributed by atoms with Crippen LogP contribution in [-0.4, -0.2) is 49.2 Å². The highest BCUT2D eigenvalue weighted by atomic mass is 16.6. The smallest absolute Gasteiger partial charge is 0.410 e. The van der Waals surface area contributed by atoms with E-state index in [0.29, 0.717) is 25.1 Å². The molecule has 1 amide bonds. The van der Waals surface area contributed by atoms with Gasteiger partial charge in [-0.25, -0.2) is 9.78 Å². The Balaban J connectivity index is 1.86. The van der Waals surface area contributed by atoms with Crippen LogP contribution < -0.4 is 0 Å². The fraction of sp³-hybridized carbons (Fsp3) is 0.562. The van der Waals surface area contributed by atoms with Gasteiger partial charge in [0, 0.05) is 18.9 Å². The minimum absolute atomic E-state index is 0.170. The van der Waals surface area contributed by atoms with Gasteiger partial charge in [0.25, 0.3) is 0 Å². The predicted molar refractivity (Wildman–Crippen MR) is 83.9 cm³/mol. The van der Waals surface area contributed by atoms with E-state index in [0.717, 1.165) is 5.52 Å². The van der Waals surface area contributed by atoms with Gasteiger partial charge in [-0.05, 0) is 33.6 Å². The number of nitrogens with zero attached hydrogens (tertiary/aromatic N) is 4. The number of rotatable bonds is 1. The van der Waals surface area contributed by atoms with Crippen molar-refractivity contribution < 1.29 is 14.6 Å². The average Bonchev–Trinajstić information content (AvgIpc) is 2.90. The highest BCUT2D eigenvalue weighted by molar-refractivity contribution is 5.68. The van der Waals surface area contributed by atoms with Crippen LogP contribution in [-0.2, 0) is 10.3 Å². The molecule has 1 aliphatic rings. The zero-order valence-electron chi connectivity index (χ0n) is 13.7. The fourth-order valence-electron chi connectivity index (χ4n) is 2.91. The number of likely N-dealkylation sites (tertiary alicyclic amines) is 1. The molecular weight excluding hydrogens is 296 g/mol. The molecule has 3 heterocycles. The van der Waals surface area contributed by atoms with Crippen molar-refractivity contribution in [3.8, 4) is 0 Å². The Morgan fingerprint density at radius 1 is 1.43 bits per heavy atom. The number of β-amino-alcohol motifs (C(OH)–C–C–N with tert-alkyl or cyclic N) is 1. The van der Waals surface area contributed by atoms with E-state index in [2.05, 4.69) is 9.97 Å². The van der Waals surface area contributed by atoms with Gasteiger partial charge >= 0.3 is 6.09 Å². The number of hydrogen-bond acceptors (Lipinski definition) is 5. The van der Waals surface area contributed by atoms with Crippen molar-refractivity contribution in [2.75, 3.05) is 13.1 Å². The Morgan fingerprint density at radius 2 is 2.22 bits per heavy atom. The first-order chi connectivity index (χ1) is 10.8. The molecular formula is C16H22N4O3. The molecule has 0 bridgehead atoms. The second-order valence-electron chi connectivity index (χ2n) is 7.00. The summed E-state index contributed by atoms with van der Waals surface area (Å²) in [7, 11) is 0. The molecule has 124 valence electrons. The maximum absolute atomic E-state index is 12.3. The zero-order chi connectivity index (χ0) is 16.7. The third kappa shape index (κ3) is 3.14. The van der Waals surface area contributed by atoms with Crippen LogP contribution in [0.2, 0.25) is 0 Å². The third-order valence-corrected chi connectivity index (χ3v) is 3.91. The lowest BCUT2D eigenvalue weighted by Gasteiger charge is -2.38. The number of aliphatic hydroxyl groups is 1. The molecule has 0 saturated carbocycles. The maximum Gasteiger partial charge on any atom is 0.410 e. The number of aromatic nitrogens is 3. The van der Waals surface area contributed by atoms with Crippen molar-refractivity contribution in [1.82, 2.24) is 19.3 Å². The fourth-order valence-corrected chi connectivity index (χ4v) is 2.91. The summed E-state index contributed by atoms with van der Waals surface area (Å²) < 4.78 is 7.23. The summed E-state index contributed by atoms with van der Waals surface area (Å²) in [6.45, 7) is 6.23. The lowest BCUT2D eigenvalue weighted by atomic mass is 9.89. The van der Waals surface area contributed by atoms with Crippen LogP contribution in [0.5, 0.6) is 0 Å². The number of amides is 1. The highest BCUT2D eigenvalue weighted by Crippen LogP contribution is 2.33. The van der Waals surface area contributed by atoms with Crippen LogP contribution in [0.3, 0.4) is 0 Å². The van der Waals surface area contributed by atoms with Gasteiger partial charge in [0.1, 0.15) is 16.9 Å². The average molecular weight is 318 g/mol. The Kier molecular flexibility index (Phi) is 3.75. The molecule has 7 nitrogen and oxygen atoms in total. The zero-order valence-corrected chi connectivity index (χ0v) is 13.7. The Hall–Kier alpha value is -2.15. The molecule has 1 aliphatic heterocycles. The van der Waals surface area contributed by atoms with E-state index in [4.69, 9.17) is 4.74 Å². The normalized spacial score (nSPS) is 22.3. The molecule has 0 aromatic carbocycles. The minimum Gasteiger partial charge on any atom is -0.444 e. The number of piperidine rings is 1. The lowest BCUT2D eigenvalue weighted by molar-refractivity contribution is -0.0478. The number of carbonyl (C=O) groups excluding carboxylic acids is 1. The summed E-state index contributed by atoms with van der Waals surface area (Å²) in [6.07, 6.45) is 7.60. The molecule has 3 rings (SSSR count). The molecule has 1 atom stereocenters. The summed E-state index contributed by atoms with van der Waals surface area (Å²) in [5.74, 6) is 0. The first-order valence-corrected chi connectivity index (χ1v) is 7.76. The molecule has 1 saturated heterocycles. The van der Waals surface area contributed by atoms with Gasteiger partial charge in [-0.3, -0.25) is 4.98 Å². The molecule has 2 aromatic rings. The van der Waals surface area contributed by atoms with E-state index in [1.54, 1.807) is 29.8 Å². The van der Waals surface area contributed by atoms with E-state index < -0.39 is 17.3 Å². The van der Waals surface area contributed by atoms with E-state index in [-0.39, 0.29) is 6.54 Å². The summed E-state index contributed by atoms with van der Waals surface area (Å²) in [5, 5.41) is 11.1. The standard InChI is InChI=1S/C16H22N4O3/c1-15(2,3)23-14(21)19-7-4-5-16(22,10-19)13-12-9-17-6-8-20(12)11-18-13/h6,8-9,11,22H,4-5,7,10H2,1-3H3. The second kappa shape index (κ2) is 5.49. The van der Waals surface area contributed by atoms with Crippen molar-refractivity contribution in [3.63, 3.8) is 0 Å². The van der Waals surface area contributed by atoms with E-state index >= 15 is 0 Å². The molecule has 0 spiro atoms. The molecule has 23 heavy (non-hydrogen) atoms. The van der Waals surface area contributed by atoms with Crippen molar-refractivity contribution in [2.45, 2.75) is 44.8 Å². The monoisotopic (exact) mass is 318 g/mol. The summed E-state index contributed by atoms with van der Waals surface area (Å²) >= 11 is 0. The van der Waals surface area contributed by atoms with Gasteiger partial charge in [0.2, 0.25) is 0 Å². The summed E-state index contributed by atoms with van der Waals surface area (Å²) in [6, 6.07) is 0. The topological polar surface area (TPSA) is 80.0 Å². The number of imidazole rings is 1. The van der Waals surface area contributed by atoms with Gasteiger partial charge in [0.05, 0.1) is 24.6 Å². The summed E-state index contributed by atoms with van der Waals surface area (Å²) in [4.78, 5) is 22.3. The first kappa shape index (κ1) is 15.7. The minimum atomic E-state index is -1.19. The van der Waals surface area contributed by atoms with Crippen LogP contribution in [0.1, 0.15) is 39.3 Å². The van der Waals surface area contributed by atoms with E-state index in [9.17, 15) is 9.90 Å². The van der Waals surface area contributed by atoms with Crippen LogP contribution in [0.25, 0.3) is 5.52 Å². The van der Waals surface area contributed by atoms with Gasteiger partial charge < -0.3 is 19.1 Å². The van der Waals surface area contributed by atoms with E-state index in [1.165, 1.54) is 0 Å². The number of ether oxygens (including phenoxy) is 1. The molecule has 1 N–H and O–H groups in total. The summed E-state index contributed by atoms with van der Waals surface area (Å²) in [5.41, 5.74) is -0.440. The van der Waals surface area contributed by atoms with Crippen molar-refractivity contribution in [1.29, 1.82) is 0 Å². The van der Waals surface area contributed by atoms with Gasteiger partial charge in [-0.2, -0.15) is 0 Å². The van der Waals surface area contributed by atoms with Gasteiger partial charge in [-0.1, -0.05) is 0 Å². The van der Waals surface area contributed by atoms with Gasteiger partial charge in [0.15, 0.2) is 0 Å². The molecule has 1 unspecified atom stereocenters. The van der Waals surface area contributed by atoms with E-state index in [1.807, 2.05) is 25.2 Å². The SMILES string of the molecule is CC(C)(C)OC(=O)N1CCCC(O)(c2ncn3ccncc23)C1. The van der Waals surface area contributed by atoms with Crippen LogP contribution >= 0.6 is 0 Å². The van der Waals surface area contributed by atoms with Gasteiger partial charge in [-0.15, -0.1) is 0 Å². The Morgan fingerprint density at radius 3 is 2.96 bits per heavy atom. The molecule has 0 aliphatic carbocycles. The third-order valence-electron chi connectivity index (χ3n) is 3.91.